The Kier molecular flexibility index (Phi) is 10.6. The van der Waals surface area contributed by atoms with Gasteiger partial charge in [0.25, 0.3) is 0 Å². The number of aliphatic hydroxyl groups is 1. The zero-order valence-corrected chi connectivity index (χ0v) is 28.0. The molecule has 2 aromatic rings. The Morgan fingerprint density at radius 3 is 2.39 bits per heavy atom. The molecule has 1 N–H and O–H groups in total. The first-order valence-corrected chi connectivity index (χ1v) is 17.3. The van der Waals surface area contributed by atoms with Gasteiger partial charge in [-0.15, -0.1) is 24.9 Å². The second kappa shape index (κ2) is 14.5. The lowest BCUT2D eigenvalue weighted by molar-refractivity contribution is -0.146. The maximum absolute atomic E-state index is 14.8. The van der Waals surface area contributed by atoms with Gasteiger partial charge in [-0.05, 0) is 61.9 Å². The summed E-state index contributed by atoms with van der Waals surface area (Å²) in [5, 5.41) is 10.6. The average molecular weight is 646 g/mol. The Hall–Kier alpha value is -3.56. The van der Waals surface area contributed by atoms with Crippen LogP contribution in [0.3, 0.4) is 0 Å². The van der Waals surface area contributed by atoms with Crippen LogP contribution in [0.5, 0.6) is 5.75 Å². The van der Waals surface area contributed by atoms with Crippen molar-refractivity contribution in [1.29, 1.82) is 0 Å². The number of fused-ring (bicyclic) bond motifs is 1. The van der Waals surface area contributed by atoms with Gasteiger partial charge in [0.1, 0.15) is 11.8 Å². The van der Waals surface area contributed by atoms with Crippen LogP contribution in [0, 0.1) is 17.8 Å². The highest BCUT2D eigenvalue weighted by Crippen LogP contribution is 2.67. The molecular formula is C37H47N3O5S. The molecule has 0 saturated carbocycles. The van der Waals surface area contributed by atoms with Gasteiger partial charge in [-0.1, -0.05) is 56.3 Å². The molecule has 0 aromatic heterocycles. The summed E-state index contributed by atoms with van der Waals surface area (Å²) in [5.74, 6) is -0.848. The largest absolute Gasteiger partial charge is 0.494 e. The van der Waals surface area contributed by atoms with Crippen molar-refractivity contribution in [1.82, 2.24) is 9.80 Å². The number of benzene rings is 2. The fourth-order valence-corrected chi connectivity index (χ4v) is 9.94. The number of carbonyl (C=O) groups excluding carboxylic acids is 3. The van der Waals surface area contributed by atoms with E-state index in [2.05, 4.69) is 27.0 Å². The molecule has 2 unspecified atom stereocenters. The van der Waals surface area contributed by atoms with Crippen LogP contribution >= 0.6 is 11.8 Å². The highest BCUT2D eigenvalue weighted by molar-refractivity contribution is 8.02. The first-order chi connectivity index (χ1) is 22.2. The first-order valence-electron chi connectivity index (χ1n) is 16.4. The quantitative estimate of drug-likeness (QED) is 0.264. The van der Waals surface area contributed by atoms with E-state index in [0.717, 1.165) is 17.7 Å². The van der Waals surface area contributed by atoms with E-state index in [1.165, 1.54) is 0 Å². The number of likely N-dealkylation sites (tertiary alicyclic amines) is 1. The highest BCUT2D eigenvalue weighted by Gasteiger charge is 2.74. The summed E-state index contributed by atoms with van der Waals surface area (Å²) in [5.41, 5.74) is 1.69. The molecular weight excluding hydrogens is 598 g/mol. The molecule has 3 heterocycles. The third-order valence-electron chi connectivity index (χ3n) is 9.52. The summed E-state index contributed by atoms with van der Waals surface area (Å²) in [4.78, 5) is 49.3. The van der Waals surface area contributed by atoms with Gasteiger partial charge in [0.15, 0.2) is 0 Å². The Morgan fingerprint density at radius 1 is 1.09 bits per heavy atom. The van der Waals surface area contributed by atoms with Gasteiger partial charge < -0.3 is 24.5 Å². The summed E-state index contributed by atoms with van der Waals surface area (Å²) in [6.45, 7) is 15.1. The van der Waals surface area contributed by atoms with Crippen molar-refractivity contribution in [2.45, 2.75) is 68.7 Å². The maximum atomic E-state index is 14.8. The molecule has 246 valence electrons. The van der Waals surface area contributed by atoms with Crippen molar-refractivity contribution in [3.05, 3.63) is 85.5 Å². The molecule has 3 saturated heterocycles. The molecule has 2 bridgehead atoms. The van der Waals surface area contributed by atoms with Crippen molar-refractivity contribution in [2.75, 3.05) is 31.2 Å². The Bertz CT molecular complexity index is 1420. The van der Waals surface area contributed by atoms with Crippen LogP contribution in [-0.4, -0.2) is 81.0 Å². The van der Waals surface area contributed by atoms with E-state index in [4.69, 9.17) is 4.74 Å². The maximum Gasteiger partial charge on any atom is 0.247 e. The SMILES string of the molecule is C=CCN(Cc1ccccc1)C(=O)C1N([C@@H](CO)CC(C)C)C(=O)[C@@H]2[C@H](C(=O)N(CC=C)c3ccc(OCC)cc3)[C@@H]3CCC12S3. The molecule has 46 heavy (non-hydrogen) atoms. The van der Waals surface area contributed by atoms with E-state index in [9.17, 15) is 19.5 Å². The summed E-state index contributed by atoms with van der Waals surface area (Å²) in [7, 11) is 0. The molecule has 3 fully saturated rings. The monoisotopic (exact) mass is 645 g/mol. The number of carbonyl (C=O) groups is 3. The van der Waals surface area contributed by atoms with Crippen molar-refractivity contribution >= 4 is 35.2 Å². The van der Waals surface area contributed by atoms with Gasteiger partial charge in [0, 0.05) is 30.6 Å². The van der Waals surface area contributed by atoms with Gasteiger partial charge in [-0.3, -0.25) is 14.4 Å². The molecule has 9 heteroatoms. The van der Waals surface area contributed by atoms with E-state index < -0.39 is 28.7 Å². The molecule has 1 spiro atoms. The highest BCUT2D eigenvalue weighted by atomic mass is 32.2. The van der Waals surface area contributed by atoms with Gasteiger partial charge in [-0.25, -0.2) is 0 Å². The molecule has 2 aromatic carbocycles. The predicted octanol–water partition coefficient (Wildman–Crippen LogP) is 5.32. The minimum Gasteiger partial charge on any atom is -0.494 e. The molecule has 3 amide bonds. The lowest BCUT2D eigenvalue weighted by atomic mass is 9.70. The second-order valence-electron chi connectivity index (χ2n) is 12.9. The number of anilines is 1. The summed E-state index contributed by atoms with van der Waals surface area (Å²) in [6, 6.07) is 15.9. The van der Waals surface area contributed by atoms with E-state index in [0.29, 0.717) is 38.2 Å². The van der Waals surface area contributed by atoms with Gasteiger partial charge >= 0.3 is 0 Å². The molecule has 0 radical (unpaired) electrons. The van der Waals surface area contributed by atoms with Crippen molar-refractivity contribution in [3.8, 4) is 5.75 Å². The predicted molar refractivity (Wildman–Crippen MR) is 184 cm³/mol. The lowest BCUT2D eigenvalue weighted by Gasteiger charge is -2.40. The second-order valence-corrected chi connectivity index (χ2v) is 14.5. The smallest absolute Gasteiger partial charge is 0.247 e. The van der Waals surface area contributed by atoms with Crippen LogP contribution in [0.2, 0.25) is 0 Å². The van der Waals surface area contributed by atoms with Gasteiger partial charge in [0.05, 0.1) is 35.8 Å². The molecule has 0 aliphatic carbocycles. The van der Waals surface area contributed by atoms with Crippen LogP contribution < -0.4 is 9.64 Å². The number of aliphatic hydroxyl groups excluding tert-OH is 1. The van der Waals surface area contributed by atoms with Crippen LogP contribution in [0.25, 0.3) is 0 Å². The Balaban J connectivity index is 1.55. The lowest BCUT2D eigenvalue weighted by Crippen LogP contribution is -2.57. The van der Waals surface area contributed by atoms with Crippen molar-refractivity contribution < 1.29 is 24.2 Å². The molecule has 6 atom stereocenters. The average Bonchev–Trinajstić information content (AvgIpc) is 3.70. The fourth-order valence-electron chi connectivity index (χ4n) is 7.75. The van der Waals surface area contributed by atoms with E-state index >= 15 is 0 Å². The van der Waals surface area contributed by atoms with Gasteiger partial charge in [0.2, 0.25) is 17.7 Å². The summed E-state index contributed by atoms with van der Waals surface area (Å²) in [6.07, 6.45) is 5.36. The van der Waals surface area contributed by atoms with Crippen LogP contribution in [0.1, 0.15) is 45.6 Å². The summed E-state index contributed by atoms with van der Waals surface area (Å²) < 4.78 is 4.85. The normalized spacial score (nSPS) is 25.3. The Labute approximate surface area is 277 Å². The number of hydrogen-bond donors (Lipinski definition) is 1. The topological polar surface area (TPSA) is 90.4 Å². The zero-order chi connectivity index (χ0) is 33.0. The standard InChI is InChI=1S/C37H47N3O5S/c1-6-20-38(23-26-12-10-9-11-13-26)36(44)33-37-19-18-30(46-37)31(32(37)35(43)40(33)28(24-41)22-25(4)5)34(42)39(21-7-2)27-14-16-29(17-15-27)45-8-3/h6-7,9-17,25,28,30-33,41H,1-2,8,18-24H2,3-5H3/t28-,30+,31-,32+,33?,37?/m1/s1. The molecule has 8 nitrogen and oxygen atoms in total. The third kappa shape index (κ3) is 6.24. The van der Waals surface area contributed by atoms with Crippen molar-refractivity contribution in [3.63, 3.8) is 0 Å². The van der Waals surface area contributed by atoms with Gasteiger partial charge in [-0.2, -0.15) is 0 Å². The number of hydrogen-bond acceptors (Lipinski definition) is 6. The zero-order valence-electron chi connectivity index (χ0n) is 27.2. The van der Waals surface area contributed by atoms with Crippen molar-refractivity contribution in [2.24, 2.45) is 17.8 Å². The first kappa shape index (κ1) is 33.8. The van der Waals surface area contributed by atoms with E-state index in [1.54, 1.807) is 38.6 Å². The third-order valence-corrected chi connectivity index (χ3v) is 11.5. The summed E-state index contributed by atoms with van der Waals surface area (Å²) >= 11 is 1.65. The minimum absolute atomic E-state index is 0.0893. The number of rotatable bonds is 15. The van der Waals surface area contributed by atoms with E-state index in [1.807, 2.05) is 61.5 Å². The molecule has 3 aliphatic rings. The van der Waals surface area contributed by atoms with Crippen LogP contribution in [-0.2, 0) is 20.9 Å². The number of thioether (sulfide) groups is 1. The fraction of sp³-hybridized carbons (Fsp3) is 0.486. The molecule has 3 aliphatic heterocycles. The van der Waals surface area contributed by atoms with E-state index in [-0.39, 0.29) is 42.0 Å². The Morgan fingerprint density at radius 2 is 1.78 bits per heavy atom. The number of amides is 3. The van der Waals surface area contributed by atoms with Crippen LogP contribution in [0.15, 0.2) is 79.9 Å². The van der Waals surface area contributed by atoms with Crippen LogP contribution in [0.4, 0.5) is 5.69 Å². The number of nitrogens with zero attached hydrogens (tertiary/aromatic N) is 3. The minimum atomic E-state index is -0.796. The number of ether oxygens (including phenoxy) is 1. The molecule has 5 rings (SSSR count).